The van der Waals surface area contributed by atoms with E-state index in [-0.39, 0.29) is 5.91 Å². The van der Waals surface area contributed by atoms with Crippen molar-refractivity contribution in [2.75, 3.05) is 5.32 Å². The number of carbonyl (C=O) groups is 1. The highest BCUT2D eigenvalue weighted by atomic mass is 16.1. The van der Waals surface area contributed by atoms with Crippen LogP contribution in [0.4, 0.5) is 5.69 Å². The molecule has 2 aromatic carbocycles. The summed E-state index contributed by atoms with van der Waals surface area (Å²) in [7, 11) is 0. The van der Waals surface area contributed by atoms with Gasteiger partial charge in [-0.15, -0.1) is 0 Å². The Morgan fingerprint density at radius 2 is 1.58 bits per heavy atom. The SMILES string of the molecule is CC(C)(C)C.O=C(CCc1ccccc1)Nc1cnc2ccccc2c1. The van der Waals surface area contributed by atoms with E-state index < -0.39 is 0 Å². The molecule has 0 fully saturated rings. The van der Waals surface area contributed by atoms with Gasteiger partial charge in [-0.3, -0.25) is 9.78 Å². The molecule has 0 bridgehead atoms. The topological polar surface area (TPSA) is 42.0 Å². The molecular weight excluding hydrogens is 320 g/mol. The first-order chi connectivity index (χ1) is 12.3. The lowest BCUT2D eigenvalue weighted by atomic mass is 10.0. The maximum Gasteiger partial charge on any atom is 0.224 e. The monoisotopic (exact) mass is 348 g/mol. The lowest BCUT2D eigenvalue weighted by molar-refractivity contribution is -0.116. The summed E-state index contributed by atoms with van der Waals surface area (Å²) in [5.74, 6) is 0.0101. The maximum atomic E-state index is 12.0. The number of para-hydroxylation sites is 1. The molecule has 1 N–H and O–H groups in total. The summed E-state index contributed by atoms with van der Waals surface area (Å²) in [4.78, 5) is 16.3. The van der Waals surface area contributed by atoms with Crippen molar-refractivity contribution in [2.24, 2.45) is 5.41 Å². The van der Waals surface area contributed by atoms with Crippen molar-refractivity contribution in [3.05, 3.63) is 72.4 Å². The number of benzene rings is 2. The van der Waals surface area contributed by atoms with E-state index in [1.807, 2.05) is 60.7 Å². The number of nitrogens with zero attached hydrogens (tertiary/aromatic N) is 1. The van der Waals surface area contributed by atoms with Gasteiger partial charge < -0.3 is 5.32 Å². The number of rotatable bonds is 4. The van der Waals surface area contributed by atoms with Crippen molar-refractivity contribution in [2.45, 2.75) is 40.5 Å². The molecule has 0 unspecified atom stereocenters. The van der Waals surface area contributed by atoms with E-state index in [1.54, 1.807) is 6.20 Å². The zero-order chi connectivity index (χ0) is 19.0. The van der Waals surface area contributed by atoms with Crippen molar-refractivity contribution >= 4 is 22.5 Å². The highest BCUT2D eigenvalue weighted by Crippen LogP contribution is 2.16. The van der Waals surface area contributed by atoms with Gasteiger partial charge in [-0.25, -0.2) is 0 Å². The Morgan fingerprint density at radius 1 is 0.962 bits per heavy atom. The van der Waals surface area contributed by atoms with E-state index in [1.165, 1.54) is 5.56 Å². The second-order valence-electron chi connectivity index (χ2n) is 7.95. The molecule has 0 radical (unpaired) electrons. The zero-order valence-corrected chi connectivity index (χ0v) is 16.1. The predicted octanol–water partition coefficient (Wildman–Crippen LogP) is 5.86. The molecule has 0 saturated carbocycles. The van der Waals surface area contributed by atoms with E-state index in [2.05, 4.69) is 38.0 Å². The summed E-state index contributed by atoms with van der Waals surface area (Å²) in [6.07, 6.45) is 2.91. The summed E-state index contributed by atoms with van der Waals surface area (Å²) in [5, 5.41) is 3.93. The highest BCUT2D eigenvalue weighted by molar-refractivity contribution is 5.93. The van der Waals surface area contributed by atoms with Crippen molar-refractivity contribution in [3.63, 3.8) is 0 Å². The largest absolute Gasteiger partial charge is 0.325 e. The van der Waals surface area contributed by atoms with E-state index in [0.29, 0.717) is 11.8 Å². The minimum absolute atomic E-state index is 0.0101. The lowest BCUT2D eigenvalue weighted by Gasteiger charge is -2.06. The Bertz CT molecular complexity index is 829. The molecule has 1 heterocycles. The Hall–Kier alpha value is -2.68. The quantitative estimate of drug-likeness (QED) is 0.642. The highest BCUT2D eigenvalue weighted by Gasteiger charge is 2.04. The molecule has 3 rings (SSSR count). The summed E-state index contributed by atoms with van der Waals surface area (Å²) in [6, 6.07) is 19.8. The Labute approximate surface area is 156 Å². The second-order valence-corrected chi connectivity index (χ2v) is 7.95. The van der Waals surface area contributed by atoms with Gasteiger partial charge in [0.2, 0.25) is 5.91 Å². The van der Waals surface area contributed by atoms with Crippen molar-refractivity contribution < 1.29 is 4.79 Å². The fourth-order valence-electron chi connectivity index (χ4n) is 2.27. The van der Waals surface area contributed by atoms with Crippen LogP contribution in [0.25, 0.3) is 10.9 Å². The second kappa shape index (κ2) is 9.14. The average Bonchev–Trinajstić information content (AvgIpc) is 2.59. The third-order valence-electron chi connectivity index (χ3n) is 3.36. The van der Waals surface area contributed by atoms with Crippen LogP contribution in [0.15, 0.2) is 66.9 Å². The van der Waals surface area contributed by atoms with Gasteiger partial charge in [-0.1, -0.05) is 76.2 Å². The number of hydrogen-bond acceptors (Lipinski definition) is 2. The van der Waals surface area contributed by atoms with Crippen LogP contribution in [0.5, 0.6) is 0 Å². The van der Waals surface area contributed by atoms with E-state index >= 15 is 0 Å². The van der Waals surface area contributed by atoms with Gasteiger partial charge in [0, 0.05) is 11.8 Å². The minimum atomic E-state index is 0.0101. The van der Waals surface area contributed by atoms with Crippen LogP contribution < -0.4 is 5.32 Å². The maximum absolute atomic E-state index is 12.0. The summed E-state index contributed by atoms with van der Waals surface area (Å²) < 4.78 is 0. The minimum Gasteiger partial charge on any atom is -0.325 e. The number of nitrogens with one attached hydrogen (secondary N) is 1. The molecule has 0 saturated heterocycles. The molecule has 136 valence electrons. The van der Waals surface area contributed by atoms with Gasteiger partial charge in [0.05, 0.1) is 17.4 Å². The van der Waals surface area contributed by atoms with Gasteiger partial charge in [0.1, 0.15) is 0 Å². The van der Waals surface area contributed by atoms with Crippen LogP contribution in [0.3, 0.4) is 0 Å². The number of hydrogen-bond donors (Lipinski definition) is 1. The third-order valence-corrected chi connectivity index (χ3v) is 3.36. The van der Waals surface area contributed by atoms with Gasteiger partial charge in [-0.05, 0) is 29.5 Å². The normalized spacial score (nSPS) is 10.8. The number of aromatic nitrogens is 1. The number of amides is 1. The van der Waals surface area contributed by atoms with Crippen LogP contribution in [0.2, 0.25) is 0 Å². The molecule has 26 heavy (non-hydrogen) atoms. The summed E-state index contributed by atoms with van der Waals surface area (Å²) in [5.41, 5.74) is 3.34. The third kappa shape index (κ3) is 7.47. The molecule has 0 atom stereocenters. The van der Waals surface area contributed by atoms with E-state index in [4.69, 9.17) is 0 Å². The fraction of sp³-hybridized carbons (Fsp3) is 0.304. The zero-order valence-electron chi connectivity index (χ0n) is 16.1. The number of anilines is 1. The van der Waals surface area contributed by atoms with Crippen molar-refractivity contribution in [3.8, 4) is 0 Å². The fourth-order valence-corrected chi connectivity index (χ4v) is 2.27. The molecule has 1 amide bonds. The standard InChI is InChI=1S/C18H16N2O.C5H12/c21-18(11-10-14-6-2-1-3-7-14)20-16-12-15-8-4-5-9-17(15)19-13-16;1-5(2,3)4/h1-9,12-13H,10-11H2,(H,20,21);1-4H3. The molecular formula is C23H28N2O. The van der Waals surface area contributed by atoms with Gasteiger partial charge >= 0.3 is 0 Å². The Balaban J connectivity index is 0.000000431. The summed E-state index contributed by atoms with van der Waals surface area (Å²) in [6.45, 7) is 8.75. The molecule has 3 aromatic rings. The Kier molecular flexibility index (Phi) is 6.90. The Morgan fingerprint density at radius 3 is 2.27 bits per heavy atom. The molecule has 1 aromatic heterocycles. The van der Waals surface area contributed by atoms with Gasteiger partial charge in [0.25, 0.3) is 0 Å². The molecule has 0 aliphatic heterocycles. The number of aryl methyl sites for hydroxylation is 1. The van der Waals surface area contributed by atoms with E-state index in [9.17, 15) is 4.79 Å². The van der Waals surface area contributed by atoms with Crippen LogP contribution in [-0.2, 0) is 11.2 Å². The van der Waals surface area contributed by atoms with Crippen LogP contribution >= 0.6 is 0 Å². The average molecular weight is 348 g/mol. The first kappa shape index (κ1) is 19.6. The van der Waals surface area contributed by atoms with Crippen molar-refractivity contribution in [1.29, 1.82) is 0 Å². The number of fused-ring (bicyclic) bond motifs is 1. The molecule has 3 nitrogen and oxygen atoms in total. The number of carbonyl (C=O) groups excluding carboxylic acids is 1. The summed E-state index contributed by atoms with van der Waals surface area (Å²) >= 11 is 0. The van der Waals surface area contributed by atoms with Crippen LogP contribution in [0, 0.1) is 5.41 Å². The molecule has 0 aliphatic carbocycles. The smallest absolute Gasteiger partial charge is 0.224 e. The van der Waals surface area contributed by atoms with E-state index in [0.717, 1.165) is 23.0 Å². The number of pyridine rings is 1. The first-order valence-corrected chi connectivity index (χ1v) is 9.00. The predicted molar refractivity (Wildman–Crippen MR) is 110 cm³/mol. The molecule has 0 aliphatic rings. The van der Waals surface area contributed by atoms with Gasteiger partial charge in [-0.2, -0.15) is 0 Å². The molecule has 3 heteroatoms. The molecule has 0 spiro atoms. The lowest BCUT2D eigenvalue weighted by Crippen LogP contribution is -2.12. The van der Waals surface area contributed by atoms with Crippen LogP contribution in [-0.4, -0.2) is 10.9 Å². The first-order valence-electron chi connectivity index (χ1n) is 9.00. The van der Waals surface area contributed by atoms with Crippen molar-refractivity contribution in [1.82, 2.24) is 4.98 Å². The van der Waals surface area contributed by atoms with Crippen LogP contribution in [0.1, 0.15) is 39.7 Å². The van der Waals surface area contributed by atoms with Gasteiger partial charge in [0.15, 0.2) is 0 Å².